The van der Waals surface area contributed by atoms with Crippen LogP contribution in [0.25, 0.3) is 6.08 Å². The summed E-state index contributed by atoms with van der Waals surface area (Å²) in [4.78, 5) is 25.3. The van der Waals surface area contributed by atoms with Gasteiger partial charge in [-0.3, -0.25) is 4.79 Å². The number of halogens is 1. The normalized spacial score (nSPS) is 14.4. The van der Waals surface area contributed by atoms with Crippen LogP contribution in [0.15, 0.2) is 54.6 Å². The maximum absolute atomic E-state index is 11.9. The molecule has 0 atom stereocenters. The van der Waals surface area contributed by atoms with Crippen molar-refractivity contribution in [3.63, 3.8) is 0 Å². The SMILES string of the molecule is O=C(/C=C/c1cccc(Cl)c1)Oc1ccc(N2CCCC2=O)cc1. The number of nitrogens with zero attached hydrogens (tertiary/aromatic N) is 1. The van der Waals surface area contributed by atoms with Crippen LogP contribution in [-0.2, 0) is 9.59 Å². The second-order valence-corrected chi connectivity index (χ2v) is 5.89. The molecule has 122 valence electrons. The van der Waals surface area contributed by atoms with E-state index in [4.69, 9.17) is 16.3 Å². The average Bonchev–Trinajstić information content (AvgIpc) is 3.00. The minimum atomic E-state index is -0.472. The number of hydrogen-bond donors (Lipinski definition) is 0. The van der Waals surface area contributed by atoms with Gasteiger partial charge in [0.05, 0.1) is 0 Å². The van der Waals surface area contributed by atoms with Crippen LogP contribution < -0.4 is 9.64 Å². The zero-order valence-corrected chi connectivity index (χ0v) is 13.7. The van der Waals surface area contributed by atoms with Crippen molar-refractivity contribution in [2.45, 2.75) is 12.8 Å². The predicted molar refractivity (Wildman–Crippen MR) is 94.2 cm³/mol. The highest BCUT2D eigenvalue weighted by molar-refractivity contribution is 6.30. The van der Waals surface area contributed by atoms with Gasteiger partial charge >= 0.3 is 5.97 Å². The molecule has 0 aliphatic carbocycles. The molecular weight excluding hydrogens is 326 g/mol. The Hall–Kier alpha value is -2.59. The molecule has 2 aromatic carbocycles. The molecule has 3 rings (SSSR count). The average molecular weight is 342 g/mol. The molecule has 4 nitrogen and oxygen atoms in total. The zero-order chi connectivity index (χ0) is 16.9. The Morgan fingerprint density at radius 2 is 1.96 bits per heavy atom. The first-order valence-electron chi connectivity index (χ1n) is 7.68. The lowest BCUT2D eigenvalue weighted by Gasteiger charge is -2.15. The topological polar surface area (TPSA) is 46.6 Å². The monoisotopic (exact) mass is 341 g/mol. The molecule has 0 saturated carbocycles. The summed E-state index contributed by atoms with van der Waals surface area (Å²) in [6, 6.07) is 14.1. The molecule has 0 aromatic heterocycles. The number of hydrogen-bond acceptors (Lipinski definition) is 3. The molecule has 1 heterocycles. The Balaban J connectivity index is 1.61. The number of benzene rings is 2. The molecule has 5 heteroatoms. The van der Waals surface area contributed by atoms with Crippen LogP contribution in [0.5, 0.6) is 5.75 Å². The molecule has 0 spiro atoms. The van der Waals surface area contributed by atoms with E-state index in [1.165, 1.54) is 6.08 Å². The first-order chi connectivity index (χ1) is 11.6. The van der Waals surface area contributed by atoms with Crippen molar-refractivity contribution < 1.29 is 14.3 Å². The molecule has 2 aromatic rings. The van der Waals surface area contributed by atoms with Crippen molar-refractivity contribution in [3.05, 3.63) is 65.2 Å². The summed E-state index contributed by atoms with van der Waals surface area (Å²) in [6.45, 7) is 0.736. The van der Waals surface area contributed by atoms with Crippen LogP contribution in [0, 0.1) is 0 Å². The highest BCUT2D eigenvalue weighted by Crippen LogP contribution is 2.24. The van der Waals surface area contributed by atoms with Crippen LogP contribution in [0.4, 0.5) is 5.69 Å². The van der Waals surface area contributed by atoms with Crippen LogP contribution in [0.2, 0.25) is 5.02 Å². The Bertz CT molecular complexity index is 783. The zero-order valence-electron chi connectivity index (χ0n) is 12.9. The lowest BCUT2D eigenvalue weighted by atomic mass is 10.2. The summed E-state index contributed by atoms with van der Waals surface area (Å²) in [6.07, 6.45) is 4.46. The molecule has 0 N–H and O–H groups in total. The van der Waals surface area contributed by atoms with E-state index in [0.29, 0.717) is 17.2 Å². The van der Waals surface area contributed by atoms with Crippen molar-refractivity contribution in [1.82, 2.24) is 0 Å². The third-order valence-electron chi connectivity index (χ3n) is 3.70. The number of carbonyl (C=O) groups excluding carboxylic acids is 2. The maximum Gasteiger partial charge on any atom is 0.336 e. The van der Waals surface area contributed by atoms with Gasteiger partial charge in [-0.25, -0.2) is 4.79 Å². The summed E-state index contributed by atoms with van der Waals surface area (Å²) in [7, 11) is 0. The Labute approximate surface area is 145 Å². The van der Waals surface area contributed by atoms with Crippen LogP contribution in [0.3, 0.4) is 0 Å². The standard InChI is InChI=1S/C19H16ClNO3/c20-15-4-1-3-14(13-15)6-11-19(23)24-17-9-7-16(8-10-17)21-12-2-5-18(21)22/h1,3-4,6-11,13H,2,5,12H2/b11-6+. The molecule has 0 unspecified atom stereocenters. The first-order valence-corrected chi connectivity index (χ1v) is 8.05. The van der Waals surface area contributed by atoms with E-state index in [0.717, 1.165) is 24.2 Å². The minimum Gasteiger partial charge on any atom is -0.423 e. The summed E-state index contributed by atoms with van der Waals surface area (Å²) in [5, 5.41) is 0.609. The van der Waals surface area contributed by atoms with Crippen molar-refractivity contribution >= 4 is 35.2 Å². The number of esters is 1. The highest BCUT2D eigenvalue weighted by atomic mass is 35.5. The van der Waals surface area contributed by atoms with Gasteiger partial charge in [-0.2, -0.15) is 0 Å². The Morgan fingerprint density at radius 1 is 1.17 bits per heavy atom. The van der Waals surface area contributed by atoms with Gasteiger partial charge in [0.1, 0.15) is 5.75 Å². The van der Waals surface area contributed by atoms with Gasteiger partial charge in [0.15, 0.2) is 0 Å². The molecule has 0 radical (unpaired) electrons. The molecule has 24 heavy (non-hydrogen) atoms. The van der Waals surface area contributed by atoms with Crippen LogP contribution >= 0.6 is 11.6 Å². The summed E-state index contributed by atoms with van der Waals surface area (Å²) in [5.41, 5.74) is 1.65. The van der Waals surface area contributed by atoms with Gasteiger partial charge in [-0.1, -0.05) is 23.7 Å². The molecule has 1 saturated heterocycles. The molecule has 0 bridgehead atoms. The number of carbonyl (C=O) groups is 2. The van der Waals surface area contributed by atoms with E-state index in [2.05, 4.69) is 0 Å². The van der Waals surface area contributed by atoms with E-state index in [-0.39, 0.29) is 5.91 Å². The van der Waals surface area contributed by atoms with E-state index in [1.807, 2.05) is 12.1 Å². The van der Waals surface area contributed by atoms with Crippen LogP contribution in [0.1, 0.15) is 18.4 Å². The van der Waals surface area contributed by atoms with Gasteiger partial charge < -0.3 is 9.64 Å². The van der Waals surface area contributed by atoms with Crippen molar-refractivity contribution in [2.75, 3.05) is 11.4 Å². The first kappa shape index (κ1) is 16.3. The third kappa shape index (κ3) is 4.03. The van der Waals surface area contributed by atoms with Crippen molar-refractivity contribution in [2.24, 2.45) is 0 Å². The maximum atomic E-state index is 11.9. The lowest BCUT2D eigenvalue weighted by Crippen LogP contribution is -2.23. The van der Waals surface area contributed by atoms with Gasteiger partial charge in [-0.05, 0) is 54.5 Å². The molecule has 1 fully saturated rings. The fourth-order valence-corrected chi connectivity index (χ4v) is 2.74. The number of anilines is 1. The number of ether oxygens (including phenoxy) is 1. The number of rotatable bonds is 4. The summed E-state index contributed by atoms with van der Waals surface area (Å²) < 4.78 is 5.25. The van der Waals surface area contributed by atoms with Gasteiger partial charge in [0.25, 0.3) is 0 Å². The second kappa shape index (κ2) is 7.32. The quantitative estimate of drug-likeness (QED) is 0.478. The minimum absolute atomic E-state index is 0.129. The summed E-state index contributed by atoms with van der Waals surface area (Å²) in [5.74, 6) is 0.0929. The van der Waals surface area contributed by atoms with Crippen molar-refractivity contribution in [1.29, 1.82) is 0 Å². The lowest BCUT2D eigenvalue weighted by molar-refractivity contribution is -0.128. The van der Waals surface area contributed by atoms with E-state index < -0.39 is 5.97 Å². The van der Waals surface area contributed by atoms with Gasteiger partial charge in [0.2, 0.25) is 5.91 Å². The number of amides is 1. The van der Waals surface area contributed by atoms with E-state index >= 15 is 0 Å². The fourth-order valence-electron chi connectivity index (χ4n) is 2.54. The van der Waals surface area contributed by atoms with E-state index in [9.17, 15) is 9.59 Å². The molecule has 1 amide bonds. The van der Waals surface area contributed by atoms with Gasteiger partial charge in [-0.15, -0.1) is 0 Å². The Morgan fingerprint density at radius 3 is 2.62 bits per heavy atom. The molecule has 1 aliphatic rings. The largest absolute Gasteiger partial charge is 0.423 e. The molecular formula is C19H16ClNO3. The Kier molecular flexibility index (Phi) is 4.96. The predicted octanol–water partition coefficient (Wildman–Crippen LogP) is 4.09. The van der Waals surface area contributed by atoms with Gasteiger partial charge in [0, 0.05) is 29.8 Å². The smallest absolute Gasteiger partial charge is 0.336 e. The third-order valence-corrected chi connectivity index (χ3v) is 3.94. The fraction of sp³-hybridized carbons (Fsp3) is 0.158. The highest BCUT2D eigenvalue weighted by Gasteiger charge is 2.21. The second-order valence-electron chi connectivity index (χ2n) is 5.45. The van der Waals surface area contributed by atoms with Crippen LogP contribution in [-0.4, -0.2) is 18.4 Å². The molecule has 1 aliphatic heterocycles. The van der Waals surface area contributed by atoms with E-state index in [1.54, 1.807) is 47.4 Å². The summed E-state index contributed by atoms with van der Waals surface area (Å²) >= 11 is 5.89. The van der Waals surface area contributed by atoms with Crippen molar-refractivity contribution in [3.8, 4) is 5.75 Å².